The van der Waals surface area contributed by atoms with Gasteiger partial charge in [-0.2, -0.15) is 0 Å². The molecule has 5 rings (SSSR count). The molecule has 5 fully saturated rings. The number of carbonyl (C=O) groups excluding carboxylic acids is 1. The van der Waals surface area contributed by atoms with Gasteiger partial charge < -0.3 is 9.16 Å². The maximum Gasteiger partial charge on any atom is 0.192 e. The SMILES string of the molecule is CC(C)(C)[Si](C)(C)OC[C@]12CCC3(CO3)C[C@H]1CC[C@@H]1[C@@H]2CC[C@]2(C)C(=O)CC[C@@H]12. The molecule has 5 aliphatic rings. The molecule has 1 heterocycles. The van der Waals surface area contributed by atoms with Crippen LogP contribution in [0.2, 0.25) is 18.1 Å². The number of ketones is 1. The highest BCUT2D eigenvalue weighted by Crippen LogP contribution is 2.67. The minimum Gasteiger partial charge on any atom is -0.416 e. The number of carbonyl (C=O) groups is 1. The average molecular weight is 433 g/mol. The fourth-order valence-electron chi connectivity index (χ4n) is 8.06. The zero-order valence-corrected chi connectivity index (χ0v) is 21.3. The lowest BCUT2D eigenvalue weighted by molar-refractivity contribution is -0.151. The van der Waals surface area contributed by atoms with Gasteiger partial charge in [0.05, 0.1) is 12.2 Å². The first-order valence-electron chi connectivity index (χ1n) is 12.7. The van der Waals surface area contributed by atoms with Crippen molar-refractivity contribution in [1.82, 2.24) is 0 Å². The quantitative estimate of drug-likeness (QED) is 0.384. The van der Waals surface area contributed by atoms with Crippen molar-refractivity contribution < 1.29 is 14.0 Å². The van der Waals surface area contributed by atoms with Gasteiger partial charge >= 0.3 is 0 Å². The zero-order chi connectivity index (χ0) is 21.6. The molecule has 0 N–H and O–H groups in total. The van der Waals surface area contributed by atoms with Crippen LogP contribution in [-0.2, 0) is 14.0 Å². The van der Waals surface area contributed by atoms with Crippen molar-refractivity contribution in [3.8, 4) is 0 Å². The molecule has 0 aromatic carbocycles. The van der Waals surface area contributed by atoms with E-state index < -0.39 is 8.32 Å². The molecular formula is C26H44O3Si. The third kappa shape index (κ3) is 3.06. The van der Waals surface area contributed by atoms with Gasteiger partial charge in [-0.25, -0.2) is 0 Å². The maximum atomic E-state index is 12.8. The van der Waals surface area contributed by atoms with Crippen LogP contribution < -0.4 is 0 Å². The number of fused-ring (bicyclic) bond motifs is 5. The first-order chi connectivity index (χ1) is 13.9. The van der Waals surface area contributed by atoms with Gasteiger partial charge in [0.25, 0.3) is 0 Å². The number of epoxide rings is 1. The molecule has 30 heavy (non-hydrogen) atoms. The third-order valence-electron chi connectivity index (χ3n) is 11.3. The molecule has 170 valence electrons. The summed E-state index contributed by atoms with van der Waals surface area (Å²) >= 11 is 0. The lowest BCUT2D eigenvalue weighted by Gasteiger charge is -2.61. The molecule has 0 bridgehead atoms. The smallest absolute Gasteiger partial charge is 0.192 e. The van der Waals surface area contributed by atoms with E-state index in [1.54, 1.807) is 0 Å². The fraction of sp³-hybridized carbons (Fsp3) is 0.962. The number of Topliss-reactive ketones (excluding diaryl/α,β-unsaturated/α-hetero) is 1. The lowest BCUT2D eigenvalue weighted by Crippen LogP contribution is -2.58. The van der Waals surface area contributed by atoms with Gasteiger partial charge in [-0.15, -0.1) is 0 Å². The second-order valence-corrected chi connectivity index (χ2v) is 18.3. The molecule has 1 aliphatic heterocycles. The summed E-state index contributed by atoms with van der Waals surface area (Å²) in [5.74, 6) is 3.43. The Morgan fingerprint density at radius 2 is 1.80 bits per heavy atom. The van der Waals surface area contributed by atoms with E-state index in [9.17, 15) is 4.79 Å². The molecule has 7 atom stereocenters. The minimum absolute atomic E-state index is 0.0228. The van der Waals surface area contributed by atoms with Crippen LogP contribution in [-0.4, -0.2) is 32.9 Å². The molecule has 0 aromatic heterocycles. The summed E-state index contributed by atoms with van der Waals surface area (Å²) in [7, 11) is -1.78. The highest BCUT2D eigenvalue weighted by molar-refractivity contribution is 6.74. The average Bonchev–Trinajstić information content (AvgIpc) is 3.35. The second-order valence-electron chi connectivity index (χ2n) is 13.5. The normalized spacial score (nSPS) is 48.3. The summed E-state index contributed by atoms with van der Waals surface area (Å²) < 4.78 is 13.0. The van der Waals surface area contributed by atoms with Crippen molar-refractivity contribution in [2.24, 2.45) is 34.5 Å². The predicted octanol–water partition coefficient (Wildman–Crippen LogP) is 6.37. The highest BCUT2D eigenvalue weighted by atomic mass is 28.4. The van der Waals surface area contributed by atoms with Gasteiger partial charge in [0, 0.05) is 18.4 Å². The standard InChI is InChI=1S/C26H44O3Si/c1-23(2,3)30(5,6)29-17-26-14-13-25(16-28-25)15-18(26)7-8-19-20-9-10-22(27)24(20,4)12-11-21(19)26/h18-21H,7-17H2,1-6H3/t18-,19+,20+,21+,24+,25?,26-/m1/s1. The van der Waals surface area contributed by atoms with E-state index in [-0.39, 0.29) is 16.1 Å². The Labute approximate surface area is 185 Å². The number of hydrogen-bond acceptors (Lipinski definition) is 3. The Bertz CT molecular complexity index is 720. The summed E-state index contributed by atoms with van der Waals surface area (Å²) in [4.78, 5) is 12.8. The van der Waals surface area contributed by atoms with Crippen molar-refractivity contribution in [2.45, 2.75) is 109 Å². The molecule has 0 amide bonds. The lowest BCUT2D eigenvalue weighted by atomic mass is 9.44. The van der Waals surface area contributed by atoms with Crippen LogP contribution in [0.4, 0.5) is 0 Å². The summed E-state index contributed by atoms with van der Waals surface area (Å²) in [6, 6.07) is 0. The highest BCUT2D eigenvalue weighted by Gasteiger charge is 2.65. The molecule has 4 heteroatoms. The van der Waals surface area contributed by atoms with Gasteiger partial charge in [-0.3, -0.25) is 4.79 Å². The van der Waals surface area contributed by atoms with E-state index in [4.69, 9.17) is 9.16 Å². The van der Waals surface area contributed by atoms with Gasteiger partial charge in [-0.1, -0.05) is 27.7 Å². The molecular weight excluding hydrogens is 388 g/mol. The van der Waals surface area contributed by atoms with Crippen LogP contribution in [0.15, 0.2) is 0 Å². The van der Waals surface area contributed by atoms with Crippen LogP contribution in [0.5, 0.6) is 0 Å². The molecule has 4 aliphatic carbocycles. The number of hydrogen-bond donors (Lipinski definition) is 0. The first kappa shape index (κ1) is 21.6. The van der Waals surface area contributed by atoms with E-state index in [2.05, 4.69) is 40.8 Å². The van der Waals surface area contributed by atoms with Crippen molar-refractivity contribution >= 4 is 14.1 Å². The van der Waals surface area contributed by atoms with Crippen molar-refractivity contribution in [2.75, 3.05) is 13.2 Å². The fourth-order valence-corrected chi connectivity index (χ4v) is 9.12. The third-order valence-corrected chi connectivity index (χ3v) is 15.7. The Morgan fingerprint density at radius 3 is 2.47 bits per heavy atom. The summed E-state index contributed by atoms with van der Waals surface area (Å²) in [6.07, 6.45) is 10.8. The Hall–Kier alpha value is -0.193. The van der Waals surface area contributed by atoms with E-state index in [0.717, 1.165) is 50.2 Å². The summed E-state index contributed by atoms with van der Waals surface area (Å²) in [5.41, 5.74) is 0.526. The van der Waals surface area contributed by atoms with Crippen molar-refractivity contribution in [1.29, 1.82) is 0 Å². The number of ether oxygens (including phenoxy) is 1. The van der Waals surface area contributed by atoms with Crippen molar-refractivity contribution in [3.05, 3.63) is 0 Å². The Kier molecular flexibility index (Phi) is 4.81. The predicted molar refractivity (Wildman–Crippen MR) is 123 cm³/mol. The minimum atomic E-state index is -1.78. The van der Waals surface area contributed by atoms with Crippen LogP contribution >= 0.6 is 0 Å². The van der Waals surface area contributed by atoms with Gasteiger partial charge in [0.2, 0.25) is 0 Å². The molecule has 1 spiro atoms. The summed E-state index contributed by atoms with van der Waals surface area (Å²) in [5, 5.41) is 0.256. The van der Waals surface area contributed by atoms with E-state index in [1.165, 1.54) is 38.5 Å². The van der Waals surface area contributed by atoms with Crippen LogP contribution in [0.3, 0.4) is 0 Å². The second kappa shape index (κ2) is 6.67. The zero-order valence-electron chi connectivity index (χ0n) is 20.3. The maximum absolute atomic E-state index is 12.8. The molecule has 1 unspecified atom stereocenters. The topological polar surface area (TPSA) is 38.8 Å². The van der Waals surface area contributed by atoms with Gasteiger partial charge in [0.15, 0.2) is 8.32 Å². The van der Waals surface area contributed by atoms with Crippen LogP contribution in [0.1, 0.15) is 85.5 Å². The Balaban J connectivity index is 1.45. The molecule has 0 radical (unpaired) electrons. The van der Waals surface area contributed by atoms with Gasteiger partial charge in [0.1, 0.15) is 5.78 Å². The monoisotopic (exact) mass is 432 g/mol. The van der Waals surface area contributed by atoms with E-state index in [1.807, 2.05) is 0 Å². The molecule has 0 aromatic rings. The molecule has 1 saturated heterocycles. The van der Waals surface area contributed by atoms with Crippen LogP contribution in [0.25, 0.3) is 0 Å². The summed E-state index contributed by atoms with van der Waals surface area (Å²) in [6.45, 7) is 16.2. The largest absolute Gasteiger partial charge is 0.416 e. The van der Waals surface area contributed by atoms with E-state index in [0.29, 0.717) is 17.1 Å². The van der Waals surface area contributed by atoms with Crippen molar-refractivity contribution in [3.63, 3.8) is 0 Å². The van der Waals surface area contributed by atoms with Crippen LogP contribution in [0, 0.1) is 34.5 Å². The van der Waals surface area contributed by atoms with E-state index >= 15 is 0 Å². The van der Waals surface area contributed by atoms with Gasteiger partial charge in [-0.05, 0) is 98.6 Å². The Morgan fingerprint density at radius 1 is 1.07 bits per heavy atom. The number of rotatable bonds is 3. The molecule has 4 saturated carbocycles. The molecule has 3 nitrogen and oxygen atoms in total. The first-order valence-corrected chi connectivity index (χ1v) is 15.6.